The zero-order valence-electron chi connectivity index (χ0n) is 21.1. The highest BCUT2D eigenvalue weighted by Crippen LogP contribution is 2.54. The molecule has 2 saturated heterocycles. The summed E-state index contributed by atoms with van der Waals surface area (Å²) in [5, 5.41) is 11.4. The van der Waals surface area contributed by atoms with E-state index < -0.39 is 23.3 Å². The molecule has 0 radical (unpaired) electrons. The average Bonchev–Trinajstić information content (AvgIpc) is 3.52. The largest absolute Gasteiger partial charge is 0.507 e. The smallest absolute Gasteiger partial charge is 0.341 e. The Morgan fingerprint density at radius 1 is 1.22 bits per heavy atom. The van der Waals surface area contributed by atoms with Gasteiger partial charge in [-0.25, -0.2) is 9.78 Å². The van der Waals surface area contributed by atoms with E-state index in [2.05, 4.69) is 4.98 Å². The molecule has 3 N–H and O–H groups in total. The van der Waals surface area contributed by atoms with Crippen LogP contribution in [0.5, 0.6) is 11.5 Å². The van der Waals surface area contributed by atoms with Crippen LogP contribution in [0.25, 0.3) is 11.0 Å². The molecule has 3 aromatic rings. The van der Waals surface area contributed by atoms with Crippen LogP contribution >= 0.6 is 0 Å². The molecule has 0 aliphatic carbocycles. The van der Waals surface area contributed by atoms with Gasteiger partial charge in [0.15, 0.2) is 11.0 Å². The molecule has 2 fully saturated rings. The van der Waals surface area contributed by atoms with Gasteiger partial charge in [0.05, 0.1) is 6.10 Å². The Bertz CT molecular complexity index is 1480. The van der Waals surface area contributed by atoms with Crippen molar-refractivity contribution < 1.29 is 28.5 Å². The van der Waals surface area contributed by atoms with Gasteiger partial charge in [0.1, 0.15) is 45.8 Å². The van der Waals surface area contributed by atoms with Gasteiger partial charge in [0.2, 0.25) is 0 Å². The Morgan fingerprint density at radius 3 is 2.81 bits per heavy atom. The summed E-state index contributed by atoms with van der Waals surface area (Å²) in [6, 6.07) is 6.74. The lowest BCUT2D eigenvalue weighted by Crippen LogP contribution is -2.53. The molecule has 1 spiro atoms. The van der Waals surface area contributed by atoms with E-state index in [9.17, 15) is 14.7 Å². The molecule has 9 nitrogen and oxygen atoms in total. The van der Waals surface area contributed by atoms with Crippen molar-refractivity contribution in [3.63, 3.8) is 0 Å². The molecular weight excluding hydrogens is 476 g/mol. The summed E-state index contributed by atoms with van der Waals surface area (Å²) < 4.78 is 24.1. The molecule has 37 heavy (non-hydrogen) atoms. The van der Waals surface area contributed by atoms with Crippen LogP contribution in [-0.2, 0) is 20.7 Å². The number of carbonyl (C=O) groups excluding carboxylic acids is 1. The molecule has 2 aromatic heterocycles. The fourth-order valence-electron chi connectivity index (χ4n) is 6.12. The second-order valence-electron chi connectivity index (χ2n) is 10.9. The fraction of sp³-hybridized carbons (Fsp3) is 0.464. The number of phenols is 1. The molecule has 5 heterocycles. The van der Waals surface area contributed by atoms with Crippen molar-refractivity contribution in [1.82, 2.24) is 4.98 Å². The van der Waals surface area contributed by atoms with E-state index >= 15 is 0 Å². The first-order valence-corrected chi connectivity index (χ1v) is 12.7. The third-order valence-electron chi connectivity index (χ3n) is 7.91. The van der Waals surface area contributed by atoms with Gasteiger partial charge >= 0.3 is 5.97 Å². The van der Waals surface area contributed by atoms with E-state index in [-0.39, 0.29) is 34.2 Å². The van der Waals surface area contributed by atoms with E-state index in [1.165, 1.54) is 6.07 Å². The Hall–Kier alpha value is -3.59. The van der Waals surface area contributed by atoms with Crippen molar-refractivity contribution in [2.75, 3.05) is 5.73 Å². The number of anilines is 1. The third kappa shape index (κ3) is 3.83. The van der Waals surface area contributed by atoms with Crippen molar-refractivity contribution in [1.29, 1.82) is 0 Å². The maximum atomic E-state index is 13.5. The summed E-state index contributed by atoms with van der Waals surface area (Å²) in [7, 11) is 0. The van der Waals surface area contributed by atoms with E-state index in [1.54, 1.807) is 19.2 Å². The topological polar surface area (TPSA) is 137 Å². The minimum atomic E-state index is -0.968. The lowest BCUT2D eigenvalue weighted by atomic mass is 9.76. The molecule has 0 bridgehead atoms. The van der Waals surface area contributed by atoms with Crippen molar-refractivity contribution in [2.24, 2.45) is 0 Å². The highest BCUT2D eigenvalue weighted by atomic mass is 16.7. The first-order chi connectivity index (χ1) is 17.6. The van der Waals surface area contributed by atoms with Gasteiger partial charge in [-0.2, -0.15) is 0 Å². The van der Waals surface area contributed by atoms with Gasteiger partial charge in [-0.3, -0.25) is 4.79 Å². The Labute approximate surface area is 213 Å². The predicted octanol–water partition coefficient (Wildman–Crippen LogP) is 3.90. The minimum Gasteiger partial charge on any atom is -0.507 e. The Balaban J connectivity index is 1.29. The van der Waals surface area contributed by atoms with E-state index in [1.807, 2.05) is 26.0 Å². The maximum Gasteiger partial charge on any atom is 0.341 e. The highest BCUT2D eigenvalue weighted by molar-refractivity contribution is 5.88. The van der Waals surface area contributed by atoms with Crippen LogP contribution in [0.2, 0.25) is 0 Å². The standard InChI is InChI=1S/C28H30N2O7/c1-14-11-17(31)23-18(34-14)13-19-22(24(23)32)16-5-4-9-28(26(33)35-25(16)27(2,3)36-19)20(37-28)7-6-15-8-10-30-21(29)12-15/h8,10-13,16,20,25,32H,4-7,9H2,1-3H3,(H2,29,30)/t16-,20-,25-,28+/m1/s1. The number of hydrogen-bond donors (Lipinski definition) is 2. The monoisotopic (exact) mass is 506 g/mol. The van der Waals surface area contributed by atoms with Gasteiger partial charge in [-0.05, 0) is 70.6 Å². The number of ether oxygens (including phenoxy) is 3. The normalized spacial score (nSPS) is 28.0. The molecule has 194 valence electrons. The highest BCUT2D eigenvalue weighted by Gasteiger charge is 2.65. The van der Waals surface area contributed by atoms with Crippen LogP contribution in [0.4, 0.5) is 5.82 Å². The van der Waals surface area contributed by atoms with Crippen molar-refractivity contribution >= 4 is 22.8 Å². The van der Waals surface area contributed by atoms with Crippen LogP contribution in [0.1, 0.15) is 62.3 Å². The summed E-state index contributed by atoms with van der Waals surface area (Å²) in [6.45, 7) is 5.41. The number of phenolic OH excluding ortho intramolecular Hbond substituents is 1. The molecule has 6 rings (SSSR count). The number of nitrogens with zero attached hydrogens (tertiary/aromatic N) is 1. The van der Waals surface area contributed by atoms with E-state index in [0.29, 0.717) is 55.0 Å². The number of aromatic nitrogens is 1. The van der Waals surface area contributed by atoms with Crippen LogP contribution in [-0.4, -0.2) is 39.5 Å². The Morgan fingerprint density at radius 2 is 2.03 bits per heavy atom. The van der Waals surface area contributed by atoms with Crippen LogP contribution in [0.15, 0.2) is 39.7 Å². The third-order valence-corrected chi connectivity index (χ3v) is 7.91. The number of carbonyl (C=O) groups is 1. The second kappa shape index (κ2) is 8.21. The van der Waals surface area contributed by atoms with Gasteiger partial charge in [0.25, 0.3) is 0 Å². The summed E-state index contributed by atoms with van der Waals surface area (Å²) in [5.41, 5.74) is 5.40. The van der Waals surface area contributed by atoms with E-state index in [0.717, 1.165) is 5.56 Å². The second-order valence-corrected chi connectivity index (χ2v) is 10.9. The van der Waals surface area contributed by atoms with Crippen molar-refractivity contribution in [3.8, 4) is 11.5 Å². The fourth-order valence-corrected chi connectivity index (χ4v) is 6.12. The number of hydrogen-bond acceptors (Lipinski definition) is 9. The van der Waals surface area contributed by atoms with Gasteiger partial charge in [0, 0.05) is 29.8 Å². The maximum absolute atomic E-state index is 13.5. The van der Waals surface area contributed by atoms with Crippen molar-refractivity contribution in [2.45, 2.75) is 82.2 Å². The number of nitrogens with two attached hydrogens (primary N) is 1. The van der Waals surface area contributed by atoms with Crippen LogP contribution < -0.4 is 15.9 Å². The summed E-state index contributed by atoms with van der Waals surface area (Å²) >= 11 is 0. The number of rotatable bonds is 3. The number of aromatic hydroxyl groups is 1. The number of nitrogen functional groups attached to an aromatic ring is 1. The SMILES string of the molecule is Cc1cc(=O)c2c(O)c3c(cc2o1)OC(C)(C)[C@@H]1OC(=O)[C@@]2(CCC[C@H]31)O[C@@H]2CCc1ccnc(N)c1. The quantitative estimate of drug-likeness (QED) is 0.400. The number of aryl methyl sites for hydroxylation is 2. The minimum absolute atomic E-state index is 0.110. The Kier molecular flexibility index (Phi) is 5.28. The zero-order chi connectivity index (χ0) is 26.1. The molecular formula is C28H30N2O7. The van der Waals surface area contributed by atoms with Crippen molar-refractivity contribution in [3.05, 3.63) is 57.6 Å². The van der Waals surface area contributed by atoms with E-state index in [4.69, 9.17) is 24.4 Å². The molecule has 0 saturated carbocycles. The van der Waals surface area contributed by atoms with Gasteiger partial charge in [-0.15, -0.1) is 0 Å². The molecule has 0 unspecified atom stereocenters. The number of pyridine rings is 1. The predicted molar refractivity (Wildman–Crippen MR) is 135 cm³/mol. The number of fused-ring (bicyclic) bond motifs is 4. The molecule has 3 aliphatic rings. The van der Waals surface area contributed by atoms with Gasteiger partial charge < -0.3 is 29.5 Å². The van der Waals surface area contributed by atoms with Crippen LogP contribution in [0.3, 0.4) is 0 Å². The first kappa shape index (κ1) is 23.8. The average molecular weight is 507 g/mol. The summed E-state index contributed by atoms with van der Waals surface area (Å²) in [5.74, 6) is 0.424. The lowest BCUT2D eigenvalue weighted by Gasteiger charge is -2.45. The molecule has 9 heteroatoms. The molecule has 0 amide bonds. The first-order valence-electron chi connectivity index (χ1n) is 12.7. The number of epoxide rings is 1. The van der Waals surface area contributed by atoms with Gasteiger partial charge in [-0.1, -0.05) is 0 Å². The zero-order valence-corrected chi connectivity index (χ0v) is 21.1. The van der Waals surface area contributed by atoms with Crippen LogP contribution in [0, 0.1) is 6.92 Å². The molecule has 3 aliphatic heterocycles. The molecule has 1 aromatic carbocycles. The molecule has 4 atom stereocenters. The lowest BCUT2D eigenvalue weighted by molar-refractivity contribution is -0.173. The summed E-state index contributed by atoms with van der Waals surface area (Å²) in [6.07, 6.45) is 3.97. The number of benzene rings is 1. The number of esters is 1. The summed E-state index contributed by atoms with van der Waals surface area (Å²) in [4.78, 5) is 30.2.